The molecule has 2 amide bonds. The summed E-state index contributed by atoms with van der Waals surface area (Å²) in [7, 11) is 0. The molecule has 0 aromatic heterocycles. The van der Waals surface area contributed by atoms with Crippen molar-refractivity contribution in [1.29, 1.82) is 0 Å². The number of para-hydroxylation sites is 1. The highest BCUT2D eigenvalue weighted by Gasteiger charge is 2.38. The summed E-state index contributed by atoms with van der Waals surface area (Å²) in [5, 5.41) is 8.57. The Morgan fingerprint density at radius 2 is 1.80 bits per heavy atom. The van der Waals surface area contributed by atoms with E-state index in [4.69, 9.17) is 4.74 Å². The van der Waals surface area contributed by atoms with Gasteiger partial charge in [0.25, 0.3) is 5.91 Å². The molecule has 0 unspecified atom stereocenters. The zero-order valence-electron chi connectivity index (χ0n) is 19.4. The van der Waals surface area contributed by atoms with Crippen LogP contribution in [0.4, 0.5) is 10.5 Å². The number of benzene rings is 2. The minimum atomic E-state index is -1.01. The number of hydrogen-bond donors (Lipinski definition) is 1. The van der Waals surface area contributed by atoms with Crippen LogP contribution in [-0.2, 0) is 16.1 Å². The van der Waals surface area contributed by atoms with Crippen LogP contribution in [0.1, 0.15) is 28.8 Å². The maximum Gasteiger partial charge on any atom is 0.414 e. The lowest BCUT2D eigenvalue weighted by Crippen LogP contribution is -2.53. The Labute approximate surface area is 208 Å². The fraction of sp³-hybridized carbons (Fsp3) is 0.423. The number of aliphatic carboxylic acids is 1. The van der Waals surface area contributed by atoms with Crippen LogP contribution in [0.15, 0.2) is 54.6 Å². The van der Waals surface area contributed by atoms with Crippen molar-refractivity contribution in [2.24, 2.45) is 5.92 Å². The van der Waals surface area contributed by atoms with Gasteiger partial charge < -0.3 is 14.7 Å². The Balaban J connectivity index is 1.35. The molecule has 4 fully saturated rings. The summed E-state index contributed by atoms with van der Waals surface area (Å²) >= 11 is 1.25. The van der Waals surface area contributed by atoms with Gasteiger partial charge in [0.2, 0.25) is 0 Å². The molecule has 0 spiro atoms. The number of fused-ring (bicyclic) bond motifs is 3. The van der Waals surface area contributed by atoms with Crippen molar-refractivity contribution in [3.05, 3.63) is 65.7 Å². The number of carbonyl (C=O) groups excluding carboxylic acids is 2. The second-order valence-electron chi connectivity index (χ2n) is 9.24. The smallest absolute Gasteiger partial charge is 0.414 e. The number of carbonyl (C=O) groups is 3. The Bertz CT molecular complexity index is 1090. The normalized spacial score (nSPS) is 25.3. The van der Waals surface area contributed by atoms with Crippen LogP contribution >= 0.6 is 11.8 Å². The third-order valence-electron chi connectivity index (χ3n) is 7.01. The highest BCUT2D eigenvalue weighted by atomic mass is 32.2. The molecule has 2 bridgehead atoms. The van der Waals surface area contributed by atoms with Gasteiger partial charge in [0.15, 0.2) is 5.37 Å². The predicted molar refractivity (Wildman–Crippen MR) is 133 cm³/mol. The van der Waals surface area contributed by atoms with Gasteiger partial charge >= 0.3 is 12.1 Å². The van der Waals surface area contributed by atoms with Gasteiger partial charge in [-0.25, -0.2) is 9.59 Å². The molecule has 4 heterocycles. The fourth-order valence-electron chi connectivity index (χ4n) is 5.14. The van der Waals surface area contributed by atoms with Crippen molar-refractivity contribution in [2.75, 3.05) is 36.8 Å². The zero-order chi connectivity index (χ0) is 24.4. The van der Waals surface area contributed by atoms with Crippen LogP contribution in [-0.4, -0.2) is 76.3 Å². The Kier molecular flexibility index (Phi) is 6.97. The summed E-state index contributed by atoms with van der Waals surface area (Å²) < 4.78 is 6.02. The van der Waals surface area contributed by atoms with Crippen LogP contribution < -0.4 is 4.90 Å². The molecule has 35 heavy (non-hydrogen) atoms. The molecular weight excluding hydrogens is 466 g/mol. The van der Waals surface area contributed by atoms with Gasteiger partial charge in [-0.3, -0.25) is 14.6 Å². The van der Waals surface area contributed by atoms with E-state index in [1.54, 1.807) is 23.1 Å². The number of hydrogen-bond acceptors (Lipinski definition) is 6. The number of ether oxygens (including phenoxy) is 1. The van der Waals surface area contributed by atoms with E-state index in [1.807, 2.05) is 36.4 Å². The van der Waals surface area contributed by atoms with E-state index in [2.05, 4.69) is 4.90 Å². The SMILES string of the molecule is O=C(O)[C@@H]1SCCN1C(=O)c1cccc(CN(C(=O)O[C@H]2CN3CCC2CC3)c2ccccc2)c1. The molecule has 184 valence electrons. The van der Waals surface area contributed by atoms with E-state index in [9.17, 15) is 19.5 Å². The van der Waals surface area contributed by atoms with Crippen molar-refractivity contribution in [3.8, 4) is 0 Å². The molecule has 1 N–H and O–H groups in total. The van der Waals surface area contributed by atoms with Crippen LogP contribution in [0, 0.1) is 5.92 Å². The highest BCUT2D eigenvalue weighted by Crippen LogP contribution is 2.31. The van der Waals surface area contributed by atoms with Crippen molar-refractivity contribution in [2.45, 2.75) is 30.9 Å². The molecule has 8 nitrogen and oxygen atoms in total. The summed E-state index contributed by atoms with van der Waals surface area (Å²) in [6.07, 6.45) is 1.61. The standard InChI is InChI=1S/C26H29N3O5S/c30-23(28-13-14-35-24(28)25(31)32)20-6-4-5-18(15-20)16-29(21-7-2-1-3-8-21)26(33)34-22-17-27-11-9-19(22)10-12-27/h1-8,15,19,22,24H,9-14,16-17H2,(H,31,32)/t22-,24-/m0/s1. The minimum Gasteiger partial charge on any atom is -0.479 e. The molecule has 0 saturated carbocycles. The number of amides is 2. The first-order chi connectivity index (χ1) is 17.0. The van der Waals surface area contributed by atoms with Crippen molar-refractivity contribution in [1.82, 2.24) is 9.80 Å². The molecule has 6 rings (SSSR count). The molecule has 4 aliphatic rings. The molecule has 0 aliphatic carbocycles. The average molecular weight is 496 g/mol. The second kappa shape index (κ2) is 10.3. The molecule has 2 aromatic carbocycles. The monoisotopic (exact) mass is 495 g/mol. The van der Waals surface area contributed by atoms with Crippen molar-refractivity contribution >= 4 is 35.4 Å². The van der Waals surface area contributed by atoms with Gasteiger partial charge in [-0.05, 0) is 61.7 Å². The second-order valence-corrected chi connectivity index (χ2v) is 10.4. The zero-order valence-corrected chi connectivity index (χ0v) is 20.2. The maximum atomic E-state index is 13.4. The van der Waals surface area contributed by atoms with E-state index in [1.165, 1.54) is 16.7 Å². The van der Waals surface area contributed by atoms with E-state index in [-0.39, 0.29) is 18.6 Å². The van der Waals surface area contributed by atoms with Crippen molar-refractivity contribution in [3.63, 3.8) is 0 Å². The van der Waals surface area contributed by atoms with Gasteiger partial charge in [0.1, 0.15) is 6.10 Å². The van der Waals surface area contributed by atoms with Crippen LogP contribution in [0.25, 0.3) is 0 Å². The topological polar surface area (TPSA) is 90.4 Å². The van der Waals surface area contributed by atoms with Gasteiger partial charge in [0.05, 0.1) is 6.54 Å². The fourth-order valence-corrected chi connectivity index (χ4v) is 6.19. The van der Waals surface area contributed by atoms with Crippen LogP contribution in [0.2, 0.25) is 0 Å². The third kappa shape index (κ3) is 5.16. The number of carboxylic acid groups (broad SMARTS) is 1. The first kappa shape index (κ1) is 23.7. The van der Waals surface area contributed by atoms with Gasteiger partial charge in [-0.2, -0.15) is 0 Å². The first-order valence-corrected chi connectivity index (χ1v) is 13.0. The lowest BCUT2D eigenvalue weighted by atomic mass is 9.86. The van der Waals surface area contributed by atoms with Crippen LogP contribution in [0.5, 0.6) is 0 Å². The number of thioether (sulfide) groups is 1. The lowest BCUT2D eigenvalue weighted by Gasteiger charge is -2.44. The quantitative estimate of drug-likeness (QED) is 0.656. The number of piperidine rings is 3. The minimum absolute atomic E-state index is 0.107. The largest absolute Gasteiger partial charge is 0.479 e. The third-order valence-corrected chi connectivity index (χ3v) is 8.20. The molecule has 9 heteroatoms. The molecule has 0 radical (unpaired) electrons. The first-order valence-electron chi connectivity index (χ1n) is 12.0. The summed E-state index contributed by atoms with van der Waals surface area (Å²) in [6, 6.07) is 16.4. The van der Waals surface area contributed by atoms with E-state index in [0.717, 1.165) is 43.7 Å². The Morgan fingerprint density at radius 3 is 2.49 bits per heavy atom. The van der Waals surface area contributed by atoms with Gasteiger partial charge in [-0.15, -0.1) is 11.8 Å². The van der Waals surface area contributed by atoms with Crippen molar-refractivity contribution < 1.29 is 24.2 Å². The molecule has 2 aromatic rings. The average Bonchev–Trinajstić information content (AvgIpc) is 3.39. The lowest BCUT2D eigenvalue weighted by molar-refractivity contribution is -0.138. The van der Waals surface area contributed by atoms with E-state index >= 15 is 0 Å². The number of anilines is 1. The van der Waals surface area contributed by atoms with Crippen LogP contribution in [0.3, 0.4) is 0 Å². The number of nitrogens with zero attached hydrogens (tertiary/aromatic N) is 3. The molecule has 2 atom stereocenters. The van der Waals surface area contributed by atoms with Gasteiger partial charge in [0, 0.05) is 30.1 Å². The summed E-state index contributed by atoms with van der Waals surface area (Å²) in [4.78, 5) is 43.3. The number of carboxylic acids is 1. The number of rotatable bonds is 6. The Hall–Kier alpha value is -3.04. The maximum absolute atomic E-state index is 13.4. The summed E-state index contributed by atoms with van der Waals surface area (Å²) in [5.41, 5.74) is 1.90. The van der Waals surface area contributed by atoms with Gasteiger partial charge in [-0.1, -0.05) is 30.3 Å². The predicted octanol–water partition coefficient (Wildman–Crippen LogP) is 3.52. The summed E-state index contributed by atoms with van der Waals surface area (Å²) in [6.45, 7) is 3.55. The molecule has 4 aliphatic heterocycles. The summed E-state index contributed by atoms with van der Waals surface area (Å²) in [5.74, 6) is -0.327. The molecule has 4 saturated heterocycles. The molecular formula is C26H29N3O5S. The van der Waals surface area contributed by atoms with E-state index in [0.29, 0.717) is 23.8 Å². The highest BCUT2D eigenvalue weighted by molar-refractivity contribution is 8.00. The van der Waals surface area contributed by atoms with E-state index < -0.39 is 17.4 Å². The Morgan fingerprint density at radius 1 is 1.03 bits per heavy atom.